The van der Waals surface area contributed by atoms with Crippen molar-refractivity contribution in [3.63, 3.8) is 0 Å². The van der Waals surface area contributed by atoms with Crippen LogP contribution in [-0.2, 0) is 0 Å². The minimum Gasteiger partial charge on any atom is -0.426 e. The van der Waals surface area contributed by atoms with Gasteiger partial charge < -0.3 is 4.74 Å². The van der Waals surface area contributed by atoms with Crippen LogP contribution in [0.5, 0.6) is 5.75 Å². The summed E-state index contributed by atoms with van der Waals surface area (Å²) >= 11 is 5.35. The number of nitrogens with zero attached hydrogens (tertiary/aromatic N) is 1. The maximum atomic E-state index is 12.5. The Balaban J connectivity index is 3.07. The van der Waals surface area contributed by atoms with Crippen LogP contribution in [0.25, 0.3) is 0 Å². The fourth-order valence-corrected chi connectivity index (χ4v) is 1.09. The molecule has 100 valence electrons. The molecular weight excluding hydrogens is 289 g/mol. The van der Waals surface area contributed by atoms with Gasteiger partial charge in [0, 0.05) is 0 Å². The highest BCUT2D eigenvalue weighted by Crippen LogP contribution is 2.38. The molecule has 0 aliphatic rings. The minimum atomic E-state index is -5.93. The largest absolute Gasteiger partial charge is 0.499 e. The quantitative estimate of drug-likeness (QED) is 0.484. The highest BCUT2D eigenvalue weighted by molar-refractivity contribution is 6.32. The molecule has 0 heterocycles. The number of alkyl halides is 5. The van der Waals surface area contributed by atoms with Gasteiger partial charge in [0.05, 0.1) is 11.0 Å². The van der Waals surface area contributed by atoms with Crippen molar-refractivity contribution in [3.05, 3.63) is 33.3 Å². The predicted molar refractivity (Wildman–Crippen MR) is 49.7 cm³/mol. The summed E-state index contributed by atoms with van der Waals surface area (Å²) in [5.41, 5.74) is -0.841. The molecule has 0 saturated carbocycles. The topological polar surface area (TPSA) is 52.4 Å². The van der Waals surface area contributed by atoms with Crippen molar-refractivity contribution in [2.75, 3.05) is 0 Å². The van der Waals surface area contributed by atoms with Crippen molar-refractivity contribution in [1.29, 1.82) is 0 Å². The van der Waals surface area contributed by atoms with E-state index < -0.39 is 33.7 Å². The van der Waals surface area contributed by atoms with Crippen molar-refractivity contribution in [3.8, 4) is 5.75 Å². The van der Waals surface area contributed by atoms with Crippen LogP contribution >= 0.6 is 11.6 Å². The Hall–Kier alpha value is -1.64. The van der Waals surface area contributed by atoms with Crippen LogP contribution in [0.15, 0.2) is 18.2 Å². The van der Waals surface area contributed by atoms with Gasteiger partial charge in [-0.3, -0.25) is 10.1 Å². The van der Waals surface area contributed by atoms with Gasteiger partial charge >= 0.3 is 12.3 Å². The molecule has 1 aromatic rings. The molecule has 0 fully saturated rings. The van der Waals surface area contributed by atoms with E-state index in [1.54, 1.807) is 0 Å². The summed E-state index contributed by atoms with van der Waals surface area (Å²) in [6, 6.07) is 1.82. The number of nitro benzene ring substituents is 1. The van der Waals surface area contributed by atoms with Gasteiger partial charge in [-0.15, -0.1) is 0 Å². The first-order valence-corrected chi connectivity index (χ1v) is 4.50. The van der Waals surface area contributed by atoms with Crippen LogP contribution in [0.2, 0.25) is 5.02 Å². The monoisotopic (exact) mass is 291 g/mol. The zero-order valence-corrected chi connectivity index (χ0v) is 8.93. The van der Waals surface area contributed by atoms with Crippen LogP contribution in [0, 0.1) is 10.1 Å². The summed E-state index contributed by atoms with van der Waals surface area (Å²) in [5, 5.41) is 9.98. The second-order valence-corrected chi connectivity index (χ2v) is 3.39. The van der Waals surface area contributed by atoms with E-state index in [4.69, 9.17) is 11.6 Å². The number of hydrogen-bond donors (Lipinski definition) is 0. The van der Waals surface area contributed by atoms with Crippen molar-refractivity contribution in [2.24, 2.45) is 0 Å². The van der Waals surface area contributed by atoms with Crippen molar-refractivity contribution in [1.82, 2.24) is 0 Å². The second-order valence-electron chi connectivity index (χ2n) is 2.99. The van der Waals surface area contributed by atoms with Gasteiger partial charge in [0.1, 0.15) is 10.8 Å². The fraction of sp³-hybridized carbons (Fsp3) is 0.250. The van der Waals surface area contributed by atoms with Crippen LogP contribution < -0.4 is 4.74 Å². The molecule has 18 heavy (non-hydrogen) atoms. The third-order valence-corrected chi connectivity index (χ3v) is 2.01. The Morgan fingerprint density at radius 1 is 1.22 bits per heavy atom. The zero-order chi connectivity index (χ0) is 14.1. The van der Waals surface area contributed by atoms with Gasteiger partial charge in [0.15, 0.2) is 0 Å². The molecule has 4 nitrogen and oxygen atoms in total. The fourth-order valence-electron chi connectivity index (χ4n) is 0.902. The molecule has 0 unspecified atom stereocenters. The van der Waals surface area contributed by atoms with Crippen LogP contribution in [0.3, 0.4) is 0 Å². The molecule has 0 spiro atoms. The molecule has 0 saturated heterocycles. The summed E-state index contributed by atoms with van der Waals surface area (Å²) in [6.07, 6.45) is -11.4. The summed E-state index contributed by atoms with van der Waals surface area (Å²) in [4.78, 5) is 9.35. The molecule has 0 bridgehead atoms. The first-order chi connectivity index (χ1) is 8.04. The molecule has 0 atom stereocenters. The number of halogens is 6. The average Bonchev–Trinajstić information content (AvgIpc) is 2.18. The maximum Gasteiger partial charge on any atom is 0.499 e. The Kier molecular flexibility index (Phi) is 3.65. The lowest BCUT2D eigenvalue weighted by molar-refractivity contribution is -0.385. The first kappa shape index (κ1) is 14.4. The second kappa shape index (κ2) is 4.56. The molecule has 1 rings (SSSR count). The van der Waals surface area contributed by atoms with Crippen LogP contribution in [0.1, 0.15) is 0 Å². The SMILES string of the molecule is O=[N+]([O-])c1cc(OC(F)(F)C(F)(F)F)ccc1Cl. The molecule has 0 radical (unpaired) electrons. The van der Waals surface area contributed by atoms with Gasteiger partial charge in [-0.25, -0.2) is 0 Å². The number of hydrogen-bond acceptors (Lipinski definition) is 3. The summed E-state index contributed by atoms with van der Waals surface area (Å²) < 4.78 is 63.9. The van der Waals surface area contributed by atoms with Gasteiger partial charge in [0.25, 0.3) is 5.69 Å². The van der Waals surface area contributed by atoms with Crippen molar-refractivity contribution in [2.45, 2.75) is 12.3 Å². The molecule has 1 aromatic carbocycles. The summed E-state index contributed by atoms with van der Waals surface area (Å²) in [6.45, 7) is 0. The van der Waals surface area contributed by atoms with Crippen LogP contribution in [-0.4, -0.2) is 17.2 Å². The third-order valence-electron chi connectivity index (χ3n) is 1.69. The van der Waals surface area contributed by atoms with Gasteiger partial charge in [-0.05, 0) is 12.1 Å². The normalized spacial score (nSPS) is 12.3. The maximum absolute atomic E-state index is 12.5. The molecule has 10 heteroatoms. The highest BCUT2D eigenvalue weighted by atomic mass is 35.5. The van der Waals surface area contributed by atoms with E-state index >= 15 is 0 Å². The smallest absolute Gasteiger partial charge is 0.426 e. The number of nitro groups is 1. The average molecular weight is 292 g/mol. The van der Waals surface area contributed by atoms with E-state index in [0.717, 1.165) is 6.07 Å². The minimum absolute atomic E-state index is 0.377. The van der Waals surface area contributed by atoms with Gasteiger partial charge in [0.2, 0.25) is 0 Å². The van der Waals surface area contributed by atoms with Crippen molar-refractivity contribution < 1.29 is 31.6 Å². The zero-order valence-electron chi connectivity index (χ0n) is 8.17. The Labute approximate surface area is 101 Å². The molecule has 0 N–H and O–H groups in total. The first-order valence-electron chi connectivity index (χ1n) is 4.12. The Morgan fingerprint density at radius 3 is 2.22 bits per heavy atom. The summed E-state index contributed by atoms with van der Waals surface area (Å²) in [7, 11) is 0. The Morgan fingerprint density at radius 2 is 1.78 bits per heavy atom. The molecule has 0 aliphatic heterocycles. The number of benzene rings is 1. The van der Waals surface area contributed by atoms with Gasteiger partial charge in [-0.2, -0.15) is 22.0 Å². The highest BCUT2D eigenvalue weighted by Gasteiger charge is 2.61. The lowest BCUT2D eigenvalue weighted by atomic mass is 10.3. The number of ether oxygens (including phenoxy) is 1. The molecule has 0 aromatic heterocycles. The van der Waals surface area contributed by atoms with E-state index in [-0.39, 0.29) is 0 Å². The van der Waals surface area contributed by atoms with Crippen molar-refractivity contribution >= 4 is 17.3 Å². The predicted octanol–water partition coefficient (Wildman–Crippen LogP) is 3.78. The van der Waals surface area contributed by atoms with E-state index in [2.05, 4.69) is 4.74 Å². The van der Waals surface area contributed by atoms with E-state index in [1.807, 2.05) is 0 Å². The van der Waals surface area contributed by atoms with E-state index in [9.17, 15) is 32.1 Å². The lowest BCUT2D eigenvalue weighted by Crippen LogP contribution is -2.41. The third kappa shape index (κ3) is 2.97. The molecule has 0 aliphatic carbocycles. The standard InChI is InChI=1S/C8H3ClF5NO3/c9-5-2-1-4(3-6(5)15(16)17)18-8(13,14)7(10,11)12/h1-3H. The number of rotatable bonds is 3. The summed E-state index contributed by atoms with van der Waals surface area (Å²) in [5.74, 6) is -1.02. The Bertz CT molecular complexity index is 476. The lowest BCUT2D eigenvalue weighted by Gasteiger charge is -2.19. The van der Waals surface area contributed by atoms with Crippen LogP contribution in [0.4, 0.5) is 27.6 Å². The molecule has 0 amide bonds. The van der Waals surface area contributed by atoms with E-state index in [1.165, 1.54) is 0 Å². The van der Waals surface area contributed by atoms with Gasteiger partial charge in [-0.1, -0.05) is 11.6 Å². The molecular formula is C8H3ClF5NO3. The van der Waals surface area contributed by atoms with E-state index in [0.29, 0.717) is 12.1 Å².